The van der Waals surface area contributed by atoms with Crippen LogP contribution in [0.15, 0.2) is 24.3 Å². The highest BCUT2D eigenvalue weighted by Crippen LogP contribution is 2.52. The van der Waals surface area contributed by atoms with Crippen molar-refractivity contribution in [2.45, 2.75) is 106 Å². The highest BCUT2D eigenvalue weighted by Gasteiger charge is 2.41. The molecule has 1 heterocycles. The number of fused-ring (bicyclic) bond motifs is 1. The fourth-order valence-electron chi connectivity index (χ4n) is 5.48. The molecule has 0 spiro atoms. The SMILES string of the molecule is Cc1cc(C(CC(C)CC(C)(C)C)c2cc(C)cc3c2OC3(C)C)c(O)c(C(C)(C)C)c1. The van der Waals surface area contributed by atoms with E-state index in [1.807, 2.05) is 0 Å². The molecule has 0 aliphatic carbocycles. The van der Waals surface area contributed by atoms with Gasteiger partial charge in [-0.05, 0) is 68.9 Å². The highest BCUT2D eigenvalue weighted by molar-refractivity contribution is 5.59. The minimum atomic E-state index is -0.247. The van der Waals surface area contributed by atoms with Crippen molar-refractivity contribution < 1.29 is 9.84 Å². The molecule has 1 N–H and O–H groups in total. The zero-order valence-electron chi connectivity index (χ0n) is 22.2. The smallest absolute Gasteiger partial charge is 0.132 e. The van der Waals surface area contributed by atoms with E-state index in [0.29, 0.717) is 11.7 Å². The average Bonchev–Trinajstić information content (AvgIpc) is 2.60. The van der Waals surface area contributed by atoms with Gasteiger partial charge in [0, 0.05) is 22.6 Å². The summed E-state index contributed by atoms with van der Waals surface area (Å²) in [7, 11) is 0. The second-order valence-corrected chi connectivity index (χ2v) is 13.0. The highest BCUT2D eigenvalue weighted by atomic mass is 16.5. The molecule has 176 valence electrons. The lowest BCUT2D eigenvalue weighted by Gasteiger charge is -2.42. The topological polar surface area (TPSA) is 29.5 Å². The first kappa shape index (κ1) is 24.7. The summed E-state index contributed by atoms with van der Waals surface area (Å²) in [6.07, 6.45) is 2.13. The summed E-state index contributed by atoms with van der Waals surface area (Å²) in [4.78, 5) is 0. The number of aryl methyl sites for hydroxylation is 2. The van der Waals surface area contributed by atoms with Gasteiger partial charge in [-0.15, -0.1) is 0 Å². The van der Waals surface area contributed by atoms with Gasteiger partial charge in [-0.25, -0.2) is 0 Å². The van der Waals surface area contributed by atoms with Crippen LogP contribution in [0, 0.1) is 25.2 Å². The van der Waals surface area contributed by atoms with E-state index in [0.717, 1.165) is 29.7 Å². The fourth-order valence-corrected chi connectivity index (χ4v) is 5.48. The standard InChI is InChI=1S/C30H44O2/c1-18-12-22(26(31)24(15-18)29(7,8)9)21(14-20(3)17-28(4,5)6)23-13-19(2)16-25-27(23)32-30(25,10)11/h12-13,15-16,20-21,31H,14,17H2,1-11H3. The quantitative estimate of drug-likeness (QED) is 0.509. The number of rotatable bonds is 5. The molecule has 2 atom stereocenters. The van der Waals surface area contributed by atoms with Gasteiger partial charge in [0.1, 0.15) is 17.1 Å². The molecule has 0 fully saturated rings. The van der Waals surface area contributed by atoms with E-state index in [4.69, 9.17) is 4.74 Å². The first-order chi connectivity index (χ1) is 14.5. The van der Waals surface area contributed by atoms with Crippen molar-refractivity contribution in [3.05, 3.63) is 57.6 Å². The van der Waals surface area contributed by atoms with Crippen molar-refractivity contribution in [1.29, 1.82) is 0 Å². The first-order valence-corrected chi connectivity index (χ1v) is 12.2. The molecular formula is C30H44O2. The van der Waals surface area contributed by atoms with E-state index in [1.54, 1.807) is 0 Å². The number of hydrogen-bond acceptors (Lipinski definition) is 2. The zero-order chi connectivity index (χ0) is 24.2. The number of ether oxygens (including phenoxy) is 1. The number of phenols is 1. The van der Waals surface area contributed by atoms with Crippen LogP contribution in [0.1, 0.15) is 114 Å². The van der Waals surface area contributed by atoms with Crippen molar-refractivity contribution in [3.63, 3.8) is 0 Å². The summed E-state index contributed by atoms with van der Waals surface area (Å²) in [5.74, 6) is 2.08. The van der Waals surface area contributed by atoms with Gasteiger partial charge < -0.3 is 9.84 Å². The molecule has 0 amide bonds. The van der Waals surface area contributed by atoms with Gasteiger partial charge in [0.05, 0.1) is 0 Å². The molecule has 0 bridgehead atoms. The molecule has 0 aromatic heterocycles. The Bertz CT molecular complexity index is 999. The number of hydrogen-bond donors (Lipinski definition) is 1. The third-order valence-electron chi connectivity index (χ3n) is 6.71. The van der Waals surface area contributed by atoms with Gasteiger partial charge in [-0.2, -0.15) is 0 Å². The van der Waals surface area contributed by atoms with E-state index in [1.165, 1.54) is 22.3 Å². The predicted octanol–water partition coefficient (Wildman–Crippen LogP) is 8.53. The summed E-state index contributed by atoms with van der Waals surface area (Å²) in [6.45, 7) is 24.4. The molecule has 2 aromatic rings. The maximum atomic E-state index is 11.5. The van der Waals surface area contributed by atoms with Gasteiger partial charge in [-0.1, -0.05) is 77.8 Å². The molecule has 32 heavy (non-hydrogen) atoms. The first-order valence-electron chi connectivity index (χ1n) is 12.2. The van der Waals surface area contributed by atoms with Gasteiger partial charge in [0.25, 0.3) is 0 Å². The van der Waals surface area contributed by atoms with Crippen LogP contribution in [0.4, 0.5) is 0 Å². The Morgan fingerprint density at radius 3 is 2.00 bits per heavy atom. The Morgan fingerprint density at radius 1 is 0.906 bits per heavy atom. The monoisotopic (exact) mass is 436 g/mol. The van der Waals surface area contributed by atoms with Crippen LogP contribution in [-0.4, -0.2) is 5.11 Å². The molecule has 1 aliphatic rings. The van der Waals surface area contributed by atoms with Crippen LogP contribution in [0.5, 0.6) is 11.5 Å². The summed E-state index contributed by atoms with van der Waals surface area (Å²) in [5, 5.41) is 11.5. The summed E-state index contributed by atoms with van der Waals surface area (Å²) >= 11 is 0. The van der Waals surface area contributed by atoms with Crippen molar-refractivity contribution >= 4 is 0 Å². The molecule has 1 aliphatic heterocycles. The van der Waals surface area contributed by atoms with Crippen molar-refractivity contribution in [3.8, 4) is 11.5 Å². The van der Waals surface area contributed by atoms with E-state index < -0.39 is 0 Å². The van der Waals surface area contributed by atoms with Crippen LogP contribution in [-0.2, 0) is 11.0 Å². The average molecular weight is 437 g/mol. The molecule has 2 heteroatoms. The lowest BCUT2D eigenvalue weighted by Crippen LogP contribution is -2.36. The maximum absolute atomic E-state index is 11.5. The normalized spacial score (nSPS) is 17.2. The van der Waals surface area contributed by atoms with E-state index in [2.05, 4.69) is 100 Å². The molecular weight excluding hydrogens is 392 g/mol. The van der Waals surface area contributed by atoms with E-state index in [-0.39, 0.29) is 22.3 Å². The van der Waals surface area contributed by atoms with Crippen molar-refractivity contribution in [1.82, 2.24) is 0 Å². The van der Waals surface area contributed by atoms with E-state index in [9.17, 15) is 5.11 Å². The number of aromatic hydroxyl groups is 1. The van der Waals surface area contributed by atoms with Crippen LogP contribution < -0.4 is 4.74 Å². The lowest BCUT2D eigenvalue weighted by molar-refractivity contribution is 0.0493. The summed E-state index contributed by atoms with van der Waals surface area (Å²) < 4.78 is 6.33. The third kappa shape index (κ3) is 5.00. The van der Waals surface area contributed by atoms with Crippen LogP contribution in [0.2, 0.25) is 0 Å². The van der Waals surface area contributed by atoms with Gasteiger partial charge in [0.15, 0.2) is 0 Å². The van der Waals surface area contributed by atoms with Crippen molar-refractivity contribution in [2.24, 2.45) is 11.3 Å². The summed E-state index contributed by atoms with van der Waals surface area (Å²) in [5.41, 5.74) is 6.92. The Hall–Kier alpha value is -1.96. The lowest BCUT2D eigenvalue weighted by atomic mass is 9.74. The second kappa shape index (κ2) is 8.12. The van der Waals surface area contributed by atoms with Gasteiger partial charge >= 0.3 is 0 Å². The Labute approximate surface area is 196 Å². The Kier molecular flexibility index (Phi) is 6.26. The van der Waals surface area contributed by atoms with Crippen LogP contribution in [0.25, 0.3) is 0 Å². The molecule has 2 nitrogen and oxygen atoms in total. The van der Waals surface area contributed by atoms with E-state index >= 15 is 0 Å². The minimum Gasteiger partial charge on any atom is -0.507 e. The van der Waals surface area contributed by atoms with Crippen LogP contribution >= 0.6 is 0 Å². The molecule has 2 unspecified atom stereocenters. The van der Waals surface area contributed by atoms with Crippen molar-refractivity contribution in [2.75, 3.05) is 0 Å². The third-order valence-corrected chi connectivity index (χ3v) is 6.71. The Morgan fingerprint density at radius 2 is 1.47 bits per heavy atom. The second-order valence-electron chi connectivity index (χ2n) is 13.0. The fraction of sp³-hybridized carbons (Fsp3) is 0.600. The predicted molar refractivity (Wildman–Crippen MR) is 136 cm³/mol. The minimum absolute atomic E-state index is 0.0955. The van der Waals surface area contributed by atoms with Gasteiger partial charge in [0.2, 0.25) is 0 Å². The Balaban J connectivity index is 2.20. The molecule has 0 radical (unpaired) electrons. The maximum Gasteiger partial charge on any atom is 0.132 e. The summed E-state index contributed by atoms with van der Waals surface area (Å²) in [6, 6.07) is 8.87. The molecule has 0 saturated carbocycles. The number of phenolic OH excluding ortho intramolecular Hbond substituents is 1. The van der Waals surface area contributed by atoms with Crippen LogP contribution in [0.3, 0.4) is 0 Å². The van der Waals surface area contributed by atoms with Gasteiger partial charge in [-0.3, -0.25) is 0 Å². The molecule has 2 aromatic carbocycles. The number of benzene rings is 2. The largest absolute Gasteiger partial charge is 0.507 e. The molecule has 0 saturated heterocycles. The molecule has 3 rings (SSSR count). The zero-order valence-corrected chi connectivity index (χ0v) is 22.2.